The van der Waals surface area contributed by atoms with Gasteiger partial charge in [0, 0.05) is 31.7 Å². The zero-order chi connectivity index (χ0) is 22.9. The van der Waals surface area contributed by atoms with E-state index in [1.807, 2.05) is 47.9 Å². The van der Waals surface area contributed by atoms with Crippen LogP contribution in [-0.4, -0.2) is 53.4 Å². The molecular formula is C20H25N3O5S3. The lowest BCUT2D eigenvalue weighted by molar-refractivity contribution is -0.116. The standard InChI is InChI=1S/C18H21NO3S.C2H4N2O2S2/c1-21-12-13-22-16-6-4-15(5-7-16)10-11-19-18(20)9-8-17-3-2-14-23-17;1-3-2(7)4-8(5)6/h2-9,14H,10-13H2,1H3,(H,19,20);1H3,(H,3,7). The number of methoxy groups -OCH3 is 1. The Labute approximate surface area is 193 Å². The Morgan fingerprint density at radius 2 is 1.97 bits per heavy atom. The predicted octanol–water partition coefficient (Wildman–Crippen LogP) is 2.70. The number of ether oxygens (including phenoxy) is 2. The minimum Gasteiger partial charge on any atom is -0.491 e. The lowest BCUT2D eigenvalue weighted by Gasteiger charge is -2.07. The van der Waals surface area contributed by atoms with E-state index in [1.165, 1.54) is 7.05 Å². The number of amides is 1. The Morgan fingerprint density at radius 3 is 2.52 bits per heavy atom. The van der Waals surface area contributed by atoms with Crippen molar-refractivity contribution >= 4 is 51.2 Å². The Kier molecular flexibility index (Phi) is 13.8. The fraction of sp³-hybridized carbons (Fsp3) is 0.300. The highest BCUT2D eigenvalue weighted by atomic mass is 32.2. The van der Waals surface area contributed by atoms with Gasteiger partial charge in [-0.15, -0.1) is 15.7 Å². The summed E-state index contributed by atoms with van der Waals surface area (Å²) in [6.45, 7) is 1.73. The van der Waals surface area contributed by atoms with E-state index >= 15 is 0 Å². The second kappa shape index (κ2) is 16.1. The number of hydrogen-bond acceptors (Lipinski definition) is 7. The molecule has 1 aromatic heterocycles. The maximum Gasteiger partial charge on any atom is 0.318 e. The van der Waals surface area contributed by atoms with Gasteiger partial charge in [0.1, 0.15) is 12.4 Å². The molecule has 0 aliphatic carbocycles. The number of nitrogens with zero attached hydrogens (tertiary/aromatic N) is 1. The summed E-state index contributed by atoms with van der Waals surface area (Å²) in [6.07, 6.45) is 4.18. The van der Waals surface area contributed by atoms with E-state index in [1.54, 1.807) is 24.5 Å². The van der Waals surface area contributed by atoms with Crippen molar-refractivity contribution in [2.24, 2.45) is 4.36 Å². The van der Waals surface area contributed by atoms with Crippen LogP contribution in [0.15, 0.2) is 52.2 Å². The first-order valence-electron chi connectivity index (χ1n) is 9.17. The molecule has 0 radical (unpaired) electrons. The summed E-state index contributed by atoms with van der Waals surface area (Å²) in [6, 6.07) is 11.8. The van der Waals surface area contributed by atoms with Crippen molar-refractivity contribution in [1.82, 2.24) is 10.6 Å². The molecule has 0 atom stereocenters. The number of carbonyl (C=O) groups is 1. The van der Waals surface area contributed by atoms with Crippen LogP contribution in [0.25, 0.3) is 6.08 Å². The van der Waals surface area contributed by atoms with E-state index in [2.05, 4.69) is 27.2 Å². The molecule has 1 aromatic carbocycles. The van der Waals surface area contributed by atoms with Crippen LogP contribution >= 0.6 is 23.6 Å². The first-order valence-corrected chi connectivity index (χ1v) is 11.5. The lowest BCUT2D eigenvalue weighted by atomic mass is 10.1. The zero-order valence-electron chi connectivity index (χ0n) is 17.2. The van der Waals surface area contributed by atoms with Gasteiger partial charge >= 0.3 is 10.5 Å². The van der Waals surface area contributed by atoms with Gasteiger partial charge in [0.2, 0.25) is 11.0 Å². The number of rotatable bonds is 9. The number of benzene rings is 1. The molecule has 0 aliphatic heterocycles. The third kappa shape index (κ3) is 13.3. The van der Waals surface area contributed by atoms with Crippen molar-refractivity contribution < 1.29 is 22.7 Å². The normalized spacial score (nSPS) is 10.0. The second-order valence-corrected chi connectivity index (χ2v) is 7.72. The summed E-state index contributed by atoms with van der Waals surface area (Å²) in [5.74, 6) is 0.756. The summed E-state index contributed by atoms with van der Waals surface area (Å²) in [5, 5.41) is 7.21. The molecule has 1 amide bonds. The molecule has 8 nitrogen and oxygen atoms in total. The van der Waals surface area contributed by atoms with Crippen LogP contribution in [-0.2, 0) is 26.5 Å². The van der Waals surface area contributed by atoms with Gasteiger partial charge in [-0.1, -0.05) is 18.2 Å². The molecule has 2 aromatic rings. The molecule has 168 valence electrons. The van der Waals surface area contributed by atoms with Gasteiger partial charge in [0.25, 0.3) is 0 Å². The number of nitrogens with one attached hydrogen (secondary N) is 2. The molecule has 0 bridgehead atoms. The van der Waals surface area contributed by atoms with Crippen molar-refractivity contribution in [2.45, 2.75) is 6.42 Å². The summed E-state index contributed by atoms with van der Waals surface area (Å²) in [7, 11) is 0.724. The van der Waals surface area contributed by atoms with E-state index in [-0.39, 0.29) is 11.0 Å². The Balaban J connectivity index is 0.000000512. The predicted molar refractivity (Wildman–Crippen MR) is 127 cm³/mol. The molecule has 2 rings (SSSR count). The zero-order valence-corrected chi connectivity index (χ0v) is 19.7. The number of carbonyl (C=O) groups excluding carboxylic acids is 1. The van der Waals surface area contributed by atoms with Crippen LogP contribution < -0.4 is 15.4 Å². The molecule has 0 saturated carbocycles. The van der Waals surface area contributed by atoms with Crippen molar-refractivity contribution in [1.29, 1.82) is 0 Å². The summed E-state index contributed by atoms with van der Waals surface area (Å²) < 4.78 is 32.7. The minimum atomic E-state index is -2.42. The number of thiophene rings is 1. The Hall–Kier alpha value is -2.60. The molecule has 2 N–H and O–H groups in total. The van der Waals surface area contributed by atoms with Gasteiger partial charge in [-0.05, 0) is 53.9 Å². The molecule has 0 spiro atoms. The van der Waals surface area contributed by atoms with E-state index in [9.17, 15) is 13.2 Å². The lowest BCUT2D eigenvalue weighted by Crippen LogP contribution is -2.23. The highest BCUT2D eigenvalue weighted by Crippen LogP contribution is 2.12. The van der Waals surface area contributed by atoms with Crippen LogP contribution in [0.2, 0.25) is 0 Å². The minimum absolute atomic E-state index is 0.0293. The van der Waals surface area contributed by atoms with Crippen LogP contribution in [0, 0.1) is 0 Å². The van der Waals surface area contributed by atoms with Gasteiger partial charge in [0.05, 0.1) is 6.61 Å². The average Bonchev–Trinajstić information content (AvgIpc) is 3.27. The van der Waals surface area contributed by atoms with Gasteiger partial charge < -0.3 is 20.1 Å². The van der Waals surface area contributed by atoms with Crippen LogP contribution in [0.4, 0.5) is 0 Å². The van der Waals surface area contributed by atoms with E-state index < -0.39 is 10.5 Å². The molecule has 11 heteroatoms. The first-order chi connectivity index (χ1) is 14.9. The summed E-state index contributed by atoms with van der Waals surface area (Å²) in [4.78, 5) is 12.8. The SMILES string of the molecule is CNC(=S)N=S(=O)=O.COCCOc1ccc(CCNC(=O)C=Cc2cccs2)cc1. The van der Waals surface area contributed by atoms with E-state index in [4.69, 9.17) is 9.47 Å². The van der Waals surface area contributed by atoms with Crippen LogP contribution in [0.1, 0.15) is 10.4 Å². The van der Waals surface area contributed by atoms with Gasteiger partial charge in [0.15, 0.2) is 0 Å². The number of hydrogen-bond donors (Lipinski definition) is 2. The largest absolute Gasteiger partial charge is 0.491 e. The van der Waals surface area contributed by atoms with Crippen molar-refractivity contribution in [2.75, 3.05) is 33.9 Å². The molecule has 0 saturated heterocycles. The molecule has 0 aliphatic rings. The topological polar surface area (TPSA) is 106 Å². The molecular weight excluding hydrogens is 458 g/mol. The van der Waals surface area contributed by atoms with Gasteiger partial charge in [-0.3, -0.25) is 4.79 Å². The van der Waals surface area contributed by atoms with Crippen molar-refractivity contribution in [3.8, 4) is 5.75 Å². The monoisotopic (exact) mass is 483 g/mol. The first kappa shape index (κ1) is 26.4. The molecule has 31 heavy (non-hydrogen) atoms. The second-order valence-electron chi connectivity index (χ2n) is 5.74. The Bertz CT molecular complexity index is 948. The quantitative estimate of drug-likeness (QED) is 0.321. The van der Waals surface area contributed by atoms with E-state index in [0.29, 0.717) is 19.8 Å². The fourth-order valence-corrected chi connectivity index (χ4v) is 3.07. The van der Waals surface area contributed by atoms with Crippen molar-refractivity contribution in [3.05, 3.63) is 58.3 Å². The Morgan fingerprint density at radius 1 is 1.23 bits per heavy atom. The van der Waals surface area contributed by atoms with Gasteiger partial charge in [-0.25, -0.2) is 0 Å². The van der Waals surface area contributed by atoms with Crippen LogP contribution in [0.3, 0.4) is 0 Å². The summed E-state index contributed by atoms with van der Waals surface area (Å²) in [5.41, 5.74) is 1.16. The third-order valence-corrected chi connectivity index (χ3v) is 5.09. The highest BCUT2D eigenvalue weighted by Gasteiger charge is 1.99. The molecule has 0 unspecified atom stereocenters. The molecule has 1 heterocycles. The van der Waals surface area contributed by atoms with Crippen molar-refractivity contribution in [3.63, 3.8) is 0 Å². The van der Waals surface area contributed by atoms with E-state index in [0.717, 1.165) is 22.6 Å². The van der Waals surface area contributed by atoms with Gasteiger partial charge in [-0.2, -0.15) is 8.42 Å². The fourth-order valence-electron chi connectivity index (χ4n) is 2.04. The maximum absolute atomic E-state index is 11.7. The number of thiocarbonyl (C=S) groups is 1. The average molecular weight is 484 g/mol. The summed E-state index contributed by atoms with van der Waals surface area (Å²) >= 11 is 5.97. The highest BCUT2D eigenvalue weighted by molar-refractivity contribution is 7.81. The maximum atomic E-state index is 11.7. The smallest absolute Gasteiger partial charge is 0.318 e. The van der Waals surface area contributed by atoms with Crippen LogP contribution in [0.5, 0.6) is 5.75 Å². The third-order valence-electron chi connectivity index (χ3n) is 3.51. The molecule has 0 fully saturated rings.